The molecule has 138 valence electrons. The van der Waals surface area contributed by atoms with E-state index in [9.17, 15) is 18.0 Å². The number of anilines is 2. The van der Waals surface area contributed by atoms with Crippen LogP contribution in [-0.4, -0.2) is 15.9 Å². The molecule has 0 aliphatic rings. The summed E-state index contributed by atoms with van der Waals surface area (Å²) in [7, 11) is 0. The molecular formula is C19H15F3N4O. The van der Waals surface area contributed by atoms with E-state index in [2.05, 4.69) is 20.6 Å². The molecule has 1 aromatic carbocycles. The lowest BCUT2D eigenvalue weighted by Crippen LogP contribution is -2.14. The molecular weight excluding hydrogens is 357 g/mol. The molecule has 0 bridgehead atoms. The van der Waals surface area contributed by atoms with Crippen LogP contribution in [0, 0.1) is 0 Å². The number of nitrogens with one attached hydrogen (secondary N) is 2. The first kappa shape index (κ1) is 18.4. The van der Waals surface area contributed by atoms with E-state index < -0.39 is 17.6 Å². The highest BCUT2D eigenvalue weighted by molar-refractivity contribution is 6.04. The second kappa shape index (κ2) is 7.86. The smallest absolute Gasteiger partial charge is 0.366 e. The van der Waals surface area contributed by atoms with Gasteiger partial charge in [-0.15, -0.1) is 0 Å². The zero-order valence-corrected chi connectivity index (χ0v) is 14.0. The van der Waals surface area contributed by atoms with E-state index in [1.165, 1.54) is 30.5 Å². The minimum absolute atomic E-state index is 0.0662. The fourth-order valence-corrected chi connectivity index (χ4v) is 2.34. The largest absolute Gasteiger partial charge is 0.416 e. The van der Waals surface area contributed by atoms with E-state index in [0.29, 0.717) is 12.4 Å². The third kappa shape index (κ3) is 5.04. The van der Waals surface area contributed by atoms with Crippen molar-refractivity contribution in [3.05, 3.63) is 83.8 Å². The van der Waals surface area contributed by atoms with Gasteiger partial charge < -0.3 is 10.6 Å². The minimum atomic E-state index is -4.47. The highest BCUT2D eigenvalue weighted by atomic mass is 19.4. The molecule has 0 radical (unpaired) electrons. The van der Waals surface area contributed by atoms with Gasteiger partial charge in [0.25, 0.3) is 5.91 Å². The minimum Gasteiger partial charge on any atom is -0.366 e. The van der Waals surface area contributed by atoms with Gasteiger partial charge in [-0.2, -0.15) is 13.2 Å². The van der Waals surface area contributed by atoms with Crippen LogP contribution in [0.1, 0.15) is 21.5 Å². The Labute approximate surface area is 153 Å². The van der Waals surface area contributed by atoms with E-state index >= 15 is 0 Å². The second-order valence-corrected chi connectivity index (χ2v) is 5.68. The Balaban J connectivity index is 1.68. The summed E-state index contributed by atoms with van der Waals surface area (Å²) < 4.78 is 38.3. The lowest BCUT2D eigenvalue weighted by molar-refractivity contribution is -0.137. The van der Waals surface area contributed by atoms with Crippen LogP contribution < -0.4 is 10.6 Å². The number of pyridine rings is 2. The third-order valence-corrected chi connectivity index (χ3v) is 3.67. The van der Waals surface area contributed by atoms with E-state index in [1.54, 1.807) is 12.4 Å². The lowest BCUT2D eigenvalue weighted by Gasteiger charge is -2.11. The van der Waals surface area contributed by atoms with Crippen molar-refractivity contribution in [2.24, 2.45) is 0 Å². The topological polar surface area (TPSA) is 66.9 Å². The van der Waals surface area contributed by atoms with Crippen LogP contribution in [0.2, 0.25) is 0 Å². The summed E-state index contributed by atoms with van der Waals surface area (Å²) in [5.74, 6) is -0.0586. The highest BCUT2D eigenvalue weighted by Crippen LogP contribution is 2.30. The van der Waals surface area contributed by atoms with E-state index in [1.807, 2.05) is 12.1 Å². The molecule has 1 amide bonds. The van der Waals surface area contributed by atoms with E-state index in [-0.39, 0.29) is 11.3 Å². The zero-order chi connectivity index (χ0) is 19.3. The Morgan fingerprint density at radius 1 is 1.04 bits per heavy atom. The van der Waals surface area contributed by atoms with Crippen molar-refractivity contribution in [1.29, 1.82) is 0 Å². The number of nitrogens with zero attached hydrogens (tertiary/aromatic N) is 2. The highest BCUT2D eigenvalue weighted by Gasteiger charge is 2.30. The molecule has 5 nitrogen and oxygen atoms in total. The van der Waals surface area contributed by atoms with Gasteiger partial charge in [-0.3, -0.25) is 9.78 Å². The van der Waals surface area contributed by atoms with Crippen LogP contribution in [0.25, 0.3) is 0 Å². The van der Waals surface area contributed by atoms with Gasteiger partial charge in [-0.25, -0.2) is 4.98 Å². The number of hydrogen-bond donors (Lipinski definition) is 2. The van der Waals surface area contributed by atoms with Gasteiger partial charge in [0.2, 0.25) is 0 Å². The van der Waals surface area contributed by atoms with Crippen LogP contribution in [0.5, 0.6) is 0 Å². The monoisotopic (exact) mass is 372 g/mol. The molecule has 0 saturated heterocycles. The molecule has 0 saturated carbocycles. The van der Waals surface area contributed by atoms with E-state index in [0.717, 1.165) is 17.7 Å². The lowest BCUT2D eigenvalue weighted by atomic mass is 10.2. The number of hydrogen-bond acceptors (Lipinski definition) is 4. The van der Waals surface area contributed by atoms with Gasteiger partial charge in [0, 0.05) is 36.4 Å². The Morgan fingerprint density at radius 2 is 1.89 bits per heavy atom. The van der Waals surface area contributed by atoms with Crippen LogP contribution in [-0.2, 0) is 12.7 Å². The third-order valence-electron chi connectivity index (χ3n) is 3.67. The molecule has 0 atom stereocenters. The maximum Gasteiger partial charge on any atom is 0.416 e. The predicted octanol–water partition coefficient (Wildman–Crippen LogP) is 4.36. The van der Waals surface area contributed by atoms with Gasteiger partial charge in [0.05, 0.1) is 5.56 Å². The Morgan fingerprint density at radius 3 is 2.63 bits per heavy atom. The Bertz CT molecular complexity index is 929. The number of rotatable bonds is 5. The standard InChI is InChI=1S/C19H15F3N4O/c20-19(21,22)15-4-1-5-16(10-15)26-18(27)14-6-8-24-17(9-14)25-12-13-3-2-7-23-11-13/h1-11H,12H2,(H,24,25)(H,26,27). The maximum absolute atomic E-state index is 12.8. The molecule has 2 aromatic heterocycles. The fraction of sp³-hybridized carbons (Fsp3) is 0.105. The summed E-state index contributed by atoms with van der Waals surface area (Å²) in [4.78, 5) is 20.5. The molecule has 0 fully saturated rings. The maximum atomic E-state index is 12.8. The molecule has 27 heavy (non-hydrogen) atoms. The molecule has 0 aliphatic carbocycles. The number of alkyl halides is 3. The van der Waals surface area contributed by atoms with E-state index in [4.69, 9.17) is 0 Å². The Kier molecular flexibility index (Phi) is 5.35. The second-order valence-electron chi connectivity index (χ2n) is 5.68. The van der Waals surface area contributed by atoms with Crippen molar-refractivity contribution in [2.75, 3.05) is 10.6 Å². The van der Waals surface area contributed by atoms with Crippen LogP contribution in [0.3, 0.4) is 0 Å². The van der Waals surface area contributed by atoms with Gasteiger partial charge in [-0.05, 0) is 42.0 Å². The van der Waals surface area contributed by atoms with Crippen molar-refractivity contribution in [3.8, 4) is 0 Å². The molecule has 3 rings (SSSR count). The summed E-state index contributed by atoms with van der Waals surface area (Å²) in [6.45, 7) is 0.472. The first-order chi connectivity index (χ1) is 12.9. The number of aromatic nitrogens is 2. The average molecular weight is 372 g/mol. The van der Waals surface area contributed by atoms with Crippen molar-refractivity contribution < 1.29 is 18.0 Å². The molecule has 3 aromatic rings. The van der Waals surface area contributed by atoms with Crippen molar-refractivity contribution in [2.45, 2.75) is 12.7 Å². The summed E-state index contributed by atoms with van der Waals surface area (Å²) >= 11 is 0. The summed E-state index contributed by atoms with van der Waals surface area (Å²) in [5, 5.41) is 5.54. The number of carbonyl (C=O) groups is 1. The van der Waals surface area contributed by atoms with Crippen LogP contribution in [0.15, 0.2) is 67.1 Å². The molecule has 0 spiro atoms. The molecule has 8 heteroatoms. The van der Waals surface area contributed by atoms with Crippen molar-refractivity contribution in [3.63, 3.8) is 0 Å². The van der Waals surface area contributed by atoms with Gasteiger partial charge in [0.1, 0.15) is 5.82 Å². The number of halogens is 3. The van der Waals surface area contributed by atoms with Crippen molar-refractivity contribution in [1.82, 2.24) is 9.97 Å². The average Bonchev–Trinajstić information content (AvgIpc) is 2.67. The molecule has 2 N–H and O–H groups in total. The number of amides is 1. The molecule has 0 aliphatic heterocycles. The normalized spacial score (nSPS) is 11.1. The SMILES string of the molecule is O=C(Nc1cccc(C(F)(F)F)c1)c1ccnc(NCc2cccnc2)c1. The van der Waals surface area contributed by atoms with Gasteiger partial charge >= 0.3 is 6.18 Å². The first-order valence-electron chi connectivity index (χ1n) is 7.99. The quantitative estimate of drug-likeness (QED) is 0.698. The fourth-order valence-electron chi connectivity index (χ4n) is 2.34. The summed E-state index contributed by atoms with van der Waals surface area (Å²) in [6, 6.07) is 11.2. The Hall–Kier alpha value is -3.42. The molecule has 2 heterocycles. The van der Waals surface area contributed by atoms with Crippen LogP contribution >= 0.6 is 0 Å². The first-order valence-corrected chi connectivity index (χ1v) is 7.99. The zero-order valence-electron chi connectivity index (χ0n) is 14.0. The summed E-state index contributed by atoms with van der Waals surface area (Å²) in [5.41, 5.74) is 0.458. The van der Waals surface area contributed by atoms with Crippen molar-refractivity contribution >= 4 is 17.4 Å². The van der Waals surface area contributed by atoms with Crippen LogP contribution in [0.4, 0.5) is 24.7 Å². The summed E-state index contributed by atoms with van der Waals surface area (Å²) in [6.07, 6.45) is 0.352. The molecule has 0 unspecified atom stereocenters. The number of benzene rings is 1. The van der Waals surface area contributed by atoms with Gasteiger partial charge in [0.15, 0.2) is 0 Å². The van der Waals surface area contributed by atoms with Gasteiger partial charge in [-0.1, -0.05) is 12.1 Å². The predicted molar refractivity (Wildman–Crippen MR) is 95.2 cm³/mol. The number of carbonyl (C=O) groups excluding carboxylic acids is 1.